The van der Waals surface area contributed by atoms with Crippen molar-refractivity contribution in [1.29, 1.82) is 0 Å². The highest BCUT2D eigenvalue weighted by Crippen LogP contribution is 2.17. The summed E-state index contributed by atoms with van der Waals surface area (Å²) in [4.78, 5) is 12.8. The first kappa shape index (κ1) is 18.2. The summed E-state index contributed by atoms with van der Waals surface area (Å²) in [5.74, 6) is 1.64. The summed E-state index contributed by atoms with van der Waals surface area (Å²) in [5, 5.41) is 7.97. The van der Waals surface area contributed by atoms with Gasteiger partial charge in [0.15, 0.2) is 5.96 Å². The highest BCUT2D eigenvalue weighted by atomic mass is 32.1. The molecule has 0 unspecified atom stereocenters. The van der Waals surface area contributed by atoms with E-state index in [1.165, 1.54) is 43.8 Å². The fraction of sp³-hybridized carbons (Fsp3) is 0.765. The van der Waals surface area contributed by atoms with Gasteiger partial charge in [0.2, 0.25) is 0 Å². The fourth-order valence-electron chi connectivity index (χ4n) is 2.97. The predicted molar refractivity (Wildman–Crippen MR) is 99.2 cm³/mol. The number of aromatic nitrogens is 1. The first-order valence-electron chi connectivity index (χ1n) is 8.72. The van der Waals surface area contributed by atoms with E-state index in [1.807, 2.05) is 7.05 Å². The van der Waals surface area contributed by atoms with Crippen LogP contribution in [0.4, 0.5) is 0 Å². The minimum Gasteiger partial charge on any atom is -0.356 e. The third-order valence-corrected chi connectivity index (χ3v) is 5.58. The van der Waals surface area contributed by atoms with Crippen molar-refractivity contribution in [2.24, 2.45) is 10.9 Å². The second kappa shape index (κ2) is 9.23. The van der Waals surface area contributed by atoms with Crippen molar-refractivity contribution in [1.82, 2.24) is 20.5 Å². The van der Waals surface area contributed by atoms with E-state index in [4.69, 9.17) is 0 Å². The lowest BCUT2D eigenvalue weighted by molar-refractivity contribution is 0.185. The van der Waals surface area contributed by atoms with Crippen LogP contribution in [0.1, 0.15) is 41.8 Å². The van der Waals surface area contributed by atoms with Gasteiger partial charge in [-0.2, -0.15) is 0 Å². The zero-order valence-corrected chi connectivity index (χ0v) is 15.8. The van der Waals surface area contributed by atoms with E-state index in [0.29, 0.717) is 0 Å². The Bertz CT molecular complexity index is 484. The normalized spacial score (nSPS) is 17.5. The van der Waals surface area contributed by atoms with Crippen LogP contribution in [-0.2, 0) is 6.54 Å². The number of thiazole rings is 1. The molecule has 0 atom stereocenters. The molecule has 0 aromatic carbocycles. The average Bonchev–Trinajstić information content (AvgIpc) is 2.87. The molecule has 0 spiro atoms. The number of rotatable bonds is 6. The number of likely N-dealkylation sites (tertiary alicyclic amines) is 1. The van der Waals surface area contributed by atoms with Gasteiger partial charge in [0, 0.05) is 18.5 Å². The highest BCUT2D eigenvalue weighted by Gasteiger charge is 2.18. The zero-order chi connectivity index (χ0) is 16.7. The van der Waals surface area contributed by atoms with Crippen LogP contribution in [0.3, 0.4) is 0 Å². The van der Waals surface area contributed by atoms with Gasteiger partial charge in [-0.1, -0.05) is 6.92 Å². The predicted octanol–water partition coefficient (Wildman–Crippen LogP) is 2.55. The molecule has 0 aliphatic carbocycles. The van der Waals surface area contributed by atoms with Crippen LogP contribution in [0.25, 0.3) is 0 Å². The van der Waals surface area contributed by atoms with Crippen molar-refractivity contribution in [3.05, 3.63) is 15.6 Å². The van der Waals surface area contributed by atoms with Gasteiger partial charge < -0.3 is 15.5 Å². The van der Waals surface area contributed by atoms with Gasteiger partial charge in [-0.25, -0.2) is 4.98 Å². The maximum absolute atomic E-state index is 4.56. The molecule has 2 N–H and O–H groups in total. The first-order chi connectivity index (χ1) is 11.1. The number of aryl methyl sites for hydroxylation is 2. The first-order valence-corrected chi connectivity index (χ1v) is 9.53. The Balaban J connectivity index is 1.69. The third kappa shape index (κ3) is 5.77. The molecule has 1 saturated heterocycles. The molecule has 0 radical (unpaired) electrons. The standard InChI is InChI=1S/C17H31N5S/c1-5-8-22-9-6-15(7-10-22)11-19-17(18-4)20-12-16-21-13(2)14(3)23-16/h15H,5-12H2,1-4H3,(H2,18,19,20). The molecule has 5 nitrogen and oxygen atoms in total. The van der Waals surface area contributed by atoms with E-state index in [0.717, 1.165) is 35.7 Å². The second-order valence-corrected chi connectivity index (χ2v) is 7.63. The molecular weight excluding hydrogens is 306 g/mol. The molecule has 1 aliphatic rings. The molecular formula is C17H31N5S. The topological polar surface area (TPSA) is 52.5 Å². The van der Waals surface area contributed by atoms with Crippen molar-refractivity contribution in [2.45, 2.75) is 46.6 Å². The lowest BCUT2D eigenvalue weighted by Crippen LogP contribution is -2.42. The summed E-state index contributed by atoms with van der Waals surface area (Å²) in [5.41, 5.74) is 1.13. The Labute approximate surface area is 144 Å². The van der Waals surface area contributed by atoms with Gasteiger partial charge in [0.25, 0.3) is 0 Å². The summed E-state index contributed by atoms with van der Waals surface area (Å²) >= 11 is 1.76. The van der Waals surface area contributed by atoms with Gasteiger partial charge in [-0.15, -0.1) is 11.3 Å². The smallest absolute Gasteiger partial charge is 0.191 e. The number of piperidine rings is 1. The second-order valence-electron chi connectivity index (χ2n) is 6.34. The number of guanidine groups is 1. The summed E-state index contributed by atoms with van der Waals surface area (Å²) in [6.07, 6.45) is 3.83. The molecule has 1 aromatic rings. The largest absolute Gasteiger partial charge is 0.356 e. The van der Waals surface area contributed by atoms with Gasteiger partial charge in [-0.05, 0) is 58.7 Å². The van der Waals surface area contributed by atoms with Crippen molar-refractivity contribution in [3.63, 3.8) is 0 Å². The van der Waals surface area contributed by atoms with Gasteiger partial charge >= 0.3 is 0 Å². The Hall–Kier alpha value is -1.14. The van der Waals surface area contributed by atoms with Crippen LogP contribution >= 0.6 is 11.3 Å². The van der Waals surface area contributed by atoms with Crippen LogP contribution in [0.5, 0.6) is 0 Å². The number of hydrogen-bond acceptors (Lipinski definition) is 4. The zero-order valence-electron chi connectivity index (χ0n) is 15.0. The fourth-order valence-corrected chi connectivity index (χ4v) is 3.84. The molecule has 23 heavy (non-hydrogen) atoms. The van der Waals surface area contributed by atoms with Crippen LogP contribution in [-0.4, -0.2) is 49.1 Å². The van der Waals surface area contributed by atoms with Crippen molar-refractivity contribution >= 4 is 17.3 Å². The monoisotopic (exact) mass is 337 g/mol. The summed E-state index contributed by atoms with van der Waals surface area (Å²) in [7, 11) is 1.83. The molecule has 2 heterocycles. The van der Waals surface area contributed by atoms with Gasteiger partial charge in [-0.3, -0.25) is 4.99 Å². The van der Waals surface area contributed by atoms with Crippen molar-refractivity contribution < 1.29 is 0 Å². The highest BCUT2D eigenvalue weighted by molar-refractivity contribution is 7.11. The maximum Gasteiger partial charge on any atom is 0.191 e. The molecule has 0 amide bonds. The van der Waals surface area contributed by atoms with E-state index in [-0.39, 0.29) is 0 Å². The Morgan fingerprint density at radius 1 is 1.30 bits per heavy atom. The van der Waals surface area contributed by atoms with E-state index in [2.05, 4.69) is 46.3 Å². The van der Waals surface area contributed by atoms with Crippen molar-refractivity contribution in [2.75, 3.05) is 33.2 Å². The third-order valence-electron chi connectivity index (χ3n) is 4.51. The van der Waals surface area contributed by atoms with E-state index < -0.39 is 0 Å². The Kier molecular flexibility index (Phi) is 7.30. The quantitative estimate of drug-likeness (QED) is 0.619. The SMILES string of the molecule is CCCN1CCC(CNC(=NC)NCc2nc(C)c(C)s2)CC1. The molecule has 0 saturated carbocycles. The number of aliphatic imine (C=N–C) groups is 1. The molecule has 1 aliphatic heterocycles. The Morgan fingerprint density at radius 3 is 2.61 bits per heavy atom. The average molecular weight is 338 g/mol. The molecule has 1 aromatic heterocycles. The summed E-state index contributed by atoms with van der Waals surface area (Å²) < 4.78 is 0. The summed E-state index contributed by atoms with van der Waals surface area (Å²) in [6.45, 7) is 11.9. The Morgan fingerprint density at radius 2 is 2.04 bits per heavy atom. The van der Waals surface area contributed by atoms with E-state index in [9.17, 15) is 0 Å². The van der Waals surface area contributed by atoms with Gasteiger partial charge in [0.05, 0.1) is 12.2 Å². The van der Waals surface area contributed by atoms with Crippen LogP contribution in [0.15, 0.2) is 4.99 Å². The maximum atomic E-state index is 4.56. The lowest BCUT2D eigenvalue weighted by Gasteiger charge is -2.32. The number of nitrogens with one attached hydrogen (secondary N) is 2. The van der Waals surface area contributed by atoms with Crippen LogP contribution in [0.2, 0.25) is 0 Å². The molecule has 130 valence electrons. The minimum absolute atomic E-state index is 0.744. The summed E-state index contributed by atoms with van der Waals surface area (Å²) in [6, 6.07) is 0. The lowest BCUT2D eigenvalue weighted by atomic mass is 9.97. The number of nitrogens with zero attached hydrogens (tertiary/aromatic N) is 3. The van der Waals surface area contributed by atoms with E-state index >= 15 is 0 Å². The molecule has 6 heteroatoms. The molecule has 1 fully saturated rings. The minimum atomic E-state index is 0.744. The van der Waals surface area contributed by atoms with Crippen molar-refractivity contribution in [3.8, 4) is 0 Å². The van der Waals surface area contributed by atoms with E-state index in [1.54, 1.807) is 11.3 Å². The number of hydrogen-bond donors (Lipinski definition) is 2. The molecule has 2 rings (SSSR count). The van der Waals surface area contributed by atoms with Gasteiger partial charge in [0.1, 0.15) is 5.01 Å². The van der Waals surface area contributed by atoms with Crippen LogP contribution in [0, 0.1) is 19.8 Å². The molecule has 0 bridgehead atoms. The van der Waals surface area contributed by atoms with Crippen LogP contribution < -0.4 is 10.6 Å².